The highest BCUT2D eigenvalue weighted by Gasteiger charge is 2.27. The maximum absolute atomic E-state index is 11.3. The smallest absolute Gasteiger partial charge is 0.268 e. The number of carbonyl (C=O) groups excluding carboxylic acids is 2. The van der Waals surface area contributed by atoms with Gasteiger partial charge in [0, 0.05) is 6.42 Å². The number of hydrogen-bond donors (Lipinski definition) is 3. The molecule has 2 atom stereocenters. The third-order valence-corrected chi connectivity index (χ3v) is 2.01. The van der Waals surface area contributed by atoms with Crippen molar-refractivity contribution in [1.82, 2.24) is 10.8 Å². The zero-order chi connectivity index (χ0) is 10.6. The van der Waals surface area contributed by atoms with Gasteiger partial charge < -0.3 is 11.1 Å². The molecule has 0 radical (unpaired) electrons. The number of rotatable bonds is 4. The van der Waals surface area contributed by atoms with Gasteiger partial charge in [0.2, 0.25) is 5.91 Å². The third-order valence-electron chi connectivity index (χ3n) is 2.01. The molecule has 0 aromatic carbocycles. The van der Waals surface area contributed by atoms with Gasteiger partial charge in [0.05, 0.1) is 0 Å². The number of hydroxylamine groups is 1. The summed E-state index contributed by atoms with van der Waals surface area (Å²) in [6, 6.07) is -0.563. The summed E-state index contributed by atoms with van der Waals surface area (Å²) in [6.07, 6.45) is 0.334. The monoisotopic (exact) mass is 201 g/mol. The largest absolute Gasteiger partial charge is 0.342 e. The summed E-state index contributed by atoms with van der Waals surface area (Å²) in [4.78, 5) is 27.0. The molecule has 4 N–H and O–H groups in total. The average molecular weight is 201 g/mol. The van der Waals surface area contributed by atoms with Crippen LogP contribution in [-0.4, -0.2) is 31.0 Å². The van der Waals surface area contributed by atoms with Crippen molar-refractivity contribution in [1.29, 1.82) is 0 Å². The summed E-state index contributed by atoms with van der Waals surface area (Å²) < 4.78 is 0. The van der Waals surface area contributed by atoms with Crippen LogP contribution >= 0.6 is 0 Å². The van der Waals surface area contributed by atoms with Crippen molar-refractivity contribution in [3.05, 3.63) is 0 Å². The summed E-state index contributed by atoms with van der Waals surface area (Å²) in [6.45, 7) is 2.52. The Morgan fingerprint density at radius 3 is 3.07 bits per heavy atom. The number of nitrogens with one attached hydrogen (secondary N) is 2. The topological polar surface area (TPSA) is 93.5 Å². The maximum atomic E-state index is 11.3. The Balaban J connectivity index is 2.29. The summed E-state index contributed by atoms with van der Waals surface area (Å²) >= 11 is 0. The van der Waals surface area contributed by atoms with Crippen molar-refractivity contribution < 1.29 is 14.4 Å². The summed E-state index contributed by atoms with van der Waals surface area (Å²) in [5.41, 5.74) is 7.54. The predicted octanol–water partition coefficient (Wildman–Crippen LogP) is -1.48. The van der Waals surface area contributed by atoms with Crippen LogP contribution < -0.4 is 16.5 Å². The van der Waals surface area contributed by atoms with Gasteiger partial charge in [-0.1, -0.05) is 6.92 Å². The molecule has 1 saturated heterocycles. The molecule has 0 spiro atoms. The molecule has 2 amide bonds. The molecule has 0 aromatic rings. The Morgan fingerprint density at radius 2 is 2.57 bits per heavy atom. The summed E-state index contributed by atoms with van der Waals surface area (Å²) in [7, 11) is 0. The van der Waals surface area contributed by atoms with E-state index in [-0.39, 0.29) is 24.3 Å². The lowest BCUT2D eigenvalue weighted by atomic mass is 10.1. The van der Waals surface area contributed by atoms with Gasteiger partial charge in [0.15, 0.2) is 0 Å². The molecule has 1 unspecified atom stereocenters. The minimum atomic E-state index is -0.563. The second kappa shape index (κ2) is 4.92. The molecule has 1 aliphatic heterocycles. The van der Waals surface area contributed by atoms with Crippen LogP contribution in [0.5, 0.6) is 0 Å². The first-order valence-corrected chi connectivity index (χ1v) is 4.54. The van der Waals surface area contributed by atoms with E-state index >= 15 is 0 Å². The average Bonchev–Trinajstić information content (AvgIpc) is 2.51. The number of hydrogen-bond acceptors (Lipinski definition) is 4. The van der Waals surface area contributed by atoms with Gasteiger partial charge in [-0.25, -0.2) is 5.48 Å². The molecule has 6 nitrogen and oxygen atoms in total. The van der Waals surface area contributed by atoms with E-state index in [1.54, 1.807) is 0 Å². The van der Waals surface area contributed by atoms with E-state index in [2.05, 4.69) is 15.6 Å². The molecular formula is C8H15N3O3. The molecular weight excluding hydrogens is 186 g/mol. The summed E-state index contributed by atoms with van der Waals surface area (Å²) in [5.74, 6) is -0.354. The van der Waals surface area contributed by atoms with Crippen molar-refractivity contribution in [2.45, 2.75) is 19.4 Å². The van der Waals surface area contributed by atoms with Crippen LogP contribution in [0.4, 0.5) is 0 Å². The van der Waals surface area contributed by atoms with Crippen LogP contribution in [-0.2, 0) is 14.4 Å². The van der Waals surface area contributed by atoms with Crippen molar-refractivity contribution in [2.24, 2.45) is 11.7 Å². The minimum absolute atomic E-state index is 0.125. The maximum Gasteiger partial charge on any atom is 0.268 e. The van der Waals surface area contributed by atoms with Crippen molar-refractivity contribution in [3.8, 4) is 0 Å². The van der Waals surface area contributed by atoms with E-state index in [9.17, 15) is 9.59 Å². The fourth-order valence-electron chi connectivity index (χ4n) is 1.10. The van der Waals surface area contributed by atoms with Gasteiger partial charge in [-0.15, -0.1) is 0 Å². The first-order chi connectivity index (χ1) is 6.63. The summed E-state index contributed by atoms with van der Waals surface area (Å²) in [5, 5.41) is 2.56. The van der Waals surface area contributed by atoms with Gasteiger partial charge in [0.1, 0.15) is 12.6 Å². The van der Waals surface area contributed by atoms with Crippen LogP contribution in [0, 0.1) is 5.92 Å². The SMILES string of the molecule is CC(CN)CC(=O)N[C@@H]1CONC1=O. The van der Waals surface area contributed by atoms with Gasteiger partial charge in [0.25, 0.3) is 5.91 Å². The molecule has 80 valence electrons. The van der Waals surface area contributed by atoms with Gasteiger partial charge >= 0.3 is 0 Å². The highest BCUT2D eigenvalue weighted by molar-refractivity contribution is 5.88. The molecule has 1 heterocycles. The number of nitrogens with two attached hydrogens (primary N) is 1. The standard InChI is InChI=1S/C8H15N3O3/c1-5(3-9)2-7(12)10-6-4-14-11-8(6)13/h5-6H,2-4,9H2,1H3,(H,10,12)(H,11,13)/t5?,6-/m1/s1. The van der Waals surface area contributed by atoms with Crippen molar-refractivity contribution in [2.75, 3.05) is 13.2 Å². The number of amides is 2. The lowest BCUT2D eigenvalue weighted by Gasteiger charge is -2.11. The Morgan fingerprint density at radius 1 is 1.86 bits per heavy atom. The normalized spacial score (nSPS) is 23.0. The molecule has 1 fully saturated rings. The van der Waals surface area contributed by atoms with E-state index in [0.29, 0.717) is 13.0 Å². The second-order valence-electron chi connectivity index (χ2n) is 3.44. The molecule has 0 saturated carbocycles. The van der Waals surface area contributed by atoms with Gasteiger partial charge in [-0.05, 0) is 12.5 Å². The first-order valence-electron chi connectivity index (χ1n) is 4.54. The third kappa shape index (κ3) is 2.97. The quantitative estimate of drug-likeness (QED) is 0.517. The Bertz CT molecular complexity index is 232. The number of carbonyl (C=O) groups is 2. The second-order valence-corrected chi connectivity index (χ2v) is 3.44. The fourth-order valence-corrected chi connectivity index (χ4v) is 1.10. The van der Waals surface area contributed by atoms with E-state index in [0.717, 1.165) is 0 Å². The van der Waals surface area contributed by atoms with E-state index in [1.165, 1.54) is 0 Å². The fraction of sp³-hybridized carbons (Fsp3) is 0.750. The molecule has 1 rings (SSSR count). The van der Waals surface area contributed by atoms with Crippen LogP contribution in [0.25, 0.3) is 0 Å². The highest BCUT2D eigenvalue weighted by Crippen LogP contribution is 2.00. The van der Waals surface area contributed by atoms with Crippen LogP contribution in [0.3, 0.4) is 0 Å². The Kier molecular flexibility index (Phi) is 3.84. The van der Waals surface area contributed by atoms with Crippen LogP contribution in [0.2, 0.25) is 0 Å². The lowest BCUT2D eigenvalue weighted by Crippen LogP contribution is -2.42. The van der Waals surface area contributed by atoms with E-state index in [1.807, 2.05) is 6.92 Å². The zero-order valence-corrected chi connectivity index (χ0v) is 8.08. The Labute approximate surface area is 82.1 Å². The van der Waals surface area contributed by atoms with Crippen LogP contribution in [0.1, 0.15) is 13.3 Å². The first kappa shape index (κ1) is 10.9. The molecule has 0 aliphatic carbocycles. The molecule has 0 bridgehead atoms. The Hall–Kier alpha value is -1.14. The highest BCUT2D eigenvalue weighted by atomic mass is 16.7. The van der Waals surface area contributed by atoms with Gasteiger partial charge in [-0.3, -0.25) is 14.4 Å². The van der Waals surface area contributed by atoms with Crippen LogP contribution in [0.15, 0.2) is 0 Å². The molecule has 1 aliphatic rings. The van der Waals surface area contributed by atoms with E-state index in [4.69, 9.17) is 5.73 Å². The zero-order valence-electron chi connectivity index (χ0n) is 8.08. The molecule has 0 aromatic heterocycles. The lowest BCUT2D eigenvalue weighted by molar-refractivity contribution is -0.129. The predicted molar refractivity (Wildman–Crippen MR) is 48.9 cm³/mol. The molecule has 14 heavy (non-hydrogen) atoms. The van der Waals surface area contributed by atoms with E-state index < -0.39 is 6.04 Å². The molecule has 6 heteroatoms. The minimum Gasteiger partial charge on any atom is -0.342 e. The van der Waals surface area contributed by atoms with Gasteiger partial charge in [-0.2, -0.15) is 0 Å². The van der Waals surface area contributed by atoms with Crippen molar-refractivity contribution >= 4 is 11.8 Å². The van der Waals surface area contributed by atoms with Crippen molar-refractivity contribution in [3.63, 3.8) is 0 Å².